The first kappa shape index (κ1) is 19.0. The molecule has 27 heavy (non-hydrogen) atoms. The monoisotopic (exact) mass is 393 g/mol. The summed E-state index contributed by atoms with van der Waals surface area (Å²) in [5.41, 5.74) is 1.44. The smallest absolute Gasteiger partial charge is 0.326 e. The molecule has 2 aromatic carbocycles. The van der Waals surface area contributed by atoms with E-state index in [0.717, 1.165) is 26.0 Å². The number of fused-ring (bicyclic) bond motifs is 1. The number of halogens is 1. The number of carbonyl (C=O) groups is 1. The number of nitrogens with zero attached hydrogens (tertiary/aromatic N) is 2. The highest BCUT2D eigenvalue weighted by atomic mass is 32.2. The molecule has 7 nitrogen and oxygen atoms in total. The fourth-order valence-corrected chi connectivity index (χ4v) is 4.00. The van der Waals surface area contributed by atoms with Gasteiger partial charge in [0.05, 0.1) is 24.2 Å². The second-order valence-electron chi connectivity index (χ2n) is 6.16. The van der Waals surface area contributed by atoms with Gasteiger partial charge in [-0.3, -0.25) is 13.4 Å². The van der Waals surface area contributed by atoms with E-state index in [1.165, 1.54) is 20.2 Å². The molecule has 1 N–H and O–H groups in total. The normalized spacial score (nSPS) is 14.8. The summed E-state index contributed by atoms with van der Waals surface area (Å²) in [6.07, 6.45) is 0.649. The first-order chi connectivity index (χ1) is 12.7. The molecule has 1 aliphatic heterocycles. The molecule has 1 amide bonds. The van der Waals surface area contributed by atoms with Crippen LogP contribution in [0, 0.1) is 5.82 Å². The second-order valence-corrected chi connectivity index (χ2v) is 8.15. The fourth-order valence-electron chi connectivity index (χ4n) is 2.85. The molecular weight excluding hydrogens is 373 g/mol. The lowest BCUT2D eigenvalue weighted by atomic mass is 10.1. The summed E-state index contributed by atoms with van der Waals surface area (Å²) >= 11 is 0. The van der Waals surface area contributed by atoms with E-state index >= 15 is 0 Å². The Hall–Kier alpha value is -2.81. The maximum absolute atomic E-state index is 14.3. The number of methoxy groups -OCH3 is 1. The Balaban J connectivity index is 1.71. The summed E-state index contributed by atoms with van der Waals surface area (Å²) in [5, 5.41) is 2.52. The Bertz CT molecular complexity index is 977. The number of hydrogen-bond acceptors (Lipinski definition) is 4. The highest BCUT2D eigenvalue weighted by molar-refractivity contribution is 7.94. The van der Waals surface area contributed by atoms with E-state index < -0.39 is 16.0 Å². The number of amides is 1. The summed E-state index contributed by atoms with van der Waals surface area (Å²) in [4.78, 5) is 12.2. The van der Waals surface area contributed by atoms with E-state index in [4.69, 9.17) is 4.74 Å². The zero-order valence-electron chi connectivity index (χ0n) is 15.2. The van der Waals surface area contributed by atoms with Gasteiger partial charge in [-0.1, -0.05) is 12.1 Å². The van der Waals surface area contributed by atoms with E-state index in [9.17, 15) is 17.6 Å². The van der Waals surface area contributed by atoms with E-state index in [2.05, 4.69) is 5.32 Å². The van der Waals surface area contributed by atoms with Crippen LogP contribution in [0.4, 0.5) is 21.5 Å². The Kier molecular flexibility index (Phi) is 4.97. The third kappa shape index (κ3) is 3.55. The fraction of sp³-hybridized carbons (Fsp3) is 0.278. The summed E-state index contributed by atoms with van der Waals surface area (Å²) < 4.78 is 45.7. The van der Waals surface area contributed by atoms with E-state index in [0.29, 0.717) is 12.1 Å². The molecule has 0 saturated heterocycles. The van der Waals surface area contributed by atoms with Crippen LogP contribution in [0.3, 0.4) is 0 Å². The van der Waals surface area contributed by atoms with Crippen LogP contribution < -0.4 is 18.7 Å². The molecule has 1 heterocycles. The van der Waals surface area contributed by atoms with Crippen molar-refractivity contribution in [3.05, 3.63) is 47.8 Å². The third-order valence-corrected chi connectivity index (χ3v) is 6.29. The highest BCUT2D eigenvalue weighted by Gasteiger charge is 2.36. The van der Waals surface area contributed by atoms with Crippen LogP contribution in [0.25, 0.3) is 0 Å². The van der Waals surface area contributed by atoms with Crippen LogP contribution in [0.1, 0.15) is 12.0 Å². The number of carbonyl (C=O) groups excluding carboxylic acids is 1. The van der Waals surface area contributed by atoms with Gasteiger partial charge in [-0.15, -0.1) is 0 Å². The first-order valence-electron chi connectivity index (χ1n) is 8.23. The number of benzene rings is 2. The SMILES string of the molecule is COc1ccc(CCC(=O)Nc2cc3c(cc2F)N(C)S(=O)(=O)N3C)cc1. The highest BCUT2D eigenvalue weighted by Crippen LogP contribution is 2.41. The van der Waals surface area contributed by atoms with Crippen molar-refractivity contribution in [1.82, 2.24) is 0 Å². The Labute approximate surface area is 157 Å². The van der Waals surface area contributed by atoms with Crippen molar-refractivity contribution in [3.63, 3.8) is 0 Å². The molecule has 0 saturated carbocycles. The van der Waals surface area contributed by atoms with Gasteiger partial charge < -0.3 is 10.1 Å². The Morgan fingerprint density at radius 1 is 1.11 bits per heavy atom. The van der Waals surface area contributed by atoms with Crippen molar-refractivity contribution in [1.29, 1.82) is 0 Å². The number of ether oxygens (including phenoxy) is 1. The molecule has 0 atom stereocenters. The van der Waals surface area contributed by atoms with Crippen molar-refractivity contribution in [2.24, 2.45) is 0 Å². The first-order valence-corrected chi connectivity index (χ1v) is 9.63. The van der Waals surface area contributed by atoms with Gasteiger partial charge in [0.2, 0.25) is 5.91 Å². The van der Waals surface area contributed by atoms with Crippen LogP contribution in [0.2, 0.25) is 0 Å². The molecule has 1 aliphatic rings. The number of nitrogens with one attached hydrogen (secondary N) is 1. The number of aryl methyl sites for hydroxylation is 1. The zero-order valence-corrected chi connectivity index (χ0v) is 16.0. The largest absolute Gasteiger partial charge is 0.497 e. The minimum absolute atomic E-state index is 0.0502. The third-order valence-electron chi connectivity index (χ3n) is 4.51. The average molecular weight is 393 g/mol. The molecule has 2 aromatic rings. The molecule has 0 aromatic heterocycles. The van der Waals surface area contributed by atoms with Crippen LogP contribution >= 0.6 is 0 Å². The van der Waals surface area contributed by atoms with Gasteiger partial charge in [-0.05, 0) is 30.2 Å². The lowest BCUT2D eigenvalue weighted by Crippen LogP contribution is -2.32. The van der Waals surface area contributed by atoms with E-state index in [1.807, 2.05) is 12.1 Å². The van der Waals surface area contributed by atoms with Gasteiger partial charge in [-0.25, -0.2) is 4.39 Å². The average Bonchev–Trinajstić information content (AvgIpc) is 2.81. The molecule has 0 radical (unpaired) electrons. The zero-order chi connectivity index (χ0) is 19.8. The Morgan fingerprint density at radius 2 is 1.70 bits per heavy atom. The van der Waals surface area contributed by atoms with E-state index in [-0.39, 0.29) is 23.7 Å². The predicted octanol–water partition coefficient (Wildman–Crippen LogP) is 2.54. The molecular formula is C18H20FN3O4S. The van der Waals surface area contributed by atoms with Crippen LogP contribution in [-0.4, -0.2) is 35.5 Å². The van der Waals surface area contributed by atoms with Crippen LogP contribution in [0.5, 0.6) is 5.75 Å². The Morgan fingerprint density at radius 3 is 2.30 bits per heavy atom. The number of rotatable bonds is 5. The van der Waals surface area contributed by atoms with Crippen molar-refractivity contribution in [3.8, 4) is 5.75 Å². The summed E-state index contributed by atoms with van der Waals surface area (Å²) in [7, 11) is 0.609. The molecule has 0 bridgehead atoms. The van der Waals surface area contributed by atoms with Crippen molar-refractivity contribution < 1.29 is 22.3 Å². The quantitative estimate of drug-likeness (QED) is 0.847. The van der Waals surface area contributed by atoms with Gasteiger partial charge in [0.1, 0.15) is 11.6 Å². The summed E-state index contributed by atoms with van der Waals surface area (Å²) in [5.74, 6) is -0.321. The summed E-state index contributed by atoms with van der Waals surface area (Å²) in [6.45, 7) is 0. The van der Waals surface area contributed by atoms with Crippen molar-refractivity contribution in [2.75, 3.05) is 35.1 Å². The molecule has 0 unspecified atom stereocenters. The minimum atomic E-state index is -3.70. The molecule has 0 spiro atoms. The topological polar surface area (TPSA) is 79.0 Å². The van der Waals surface area contributed by atoms with Crippen molar-refractivity contribution in [2.45, 2.75) is 12.8 Å². The molecule has 144 valence electrons. The van der Waals surface area contributed by atoms with Crippen LogP contribution in [-0.2, 0) is 21.4 Å². The second kappa shape index (κ2) is 7.07. The molecule has 0 fully saturated rings. The number of hydrogen-bond donors (Lipinski definition) is 1. The molecule has 0 aliphatic carbocycles. The predicted molar refractivity (Wildman–Crippen MR) is 102 cm³/mol. The van der Waals surface area contributed by atoms with Crippen LogP contribution in [0.15, 0.2) is 36.4 Å². The van der Waals surface area contributed by atoms with Crippen molar-refractivity contribution >= 4 is 33.2 Å². The van der Waals surface area contributed by atoms with Gasteiger partial charge in [0, 0.05) is 26.6 Å². The standard InChI is InChI=1S/C18H20FN3O4S/c1-21-16-10-14(19)15(11-17(16)22(2)27(21,24)25)20-18(23)9-6-12-4-7-13(26-3)8-5-12/h4-5,7-8,10-11H,6,9H2,1-3H3,(H,20,23). The van der Waals surface area contributed by atoms with E-state index in [1.54, 1.807) is 19.2 Å². The molecule has 9 heteroatoms. The van der Waals surface area contributed by atoms with Gasteiger partial charge in [-0.2, -0.15) is 8.42 Å². The number of anilines is 3. The maximum Gasteiger partial charge on any atom is 0.326 e. The maximum atomic E-state index is 14.3. The minimum Gasteiger partial charge on any atom is -0.497 e. The lowest BCUT2D eigenvalue weighted by Gasteiger charge is -2.13. The summed E-state index contributed by atoms with van der Waals surface area (Å²) in [6, 6.07) is 9.77. The molecule has 3 rings (SSSR count). The lowest BCUT2D eigenvalue weighted by molar-refractivity contribution is -0.116. The van der Waals surface area contributed by atoms with Gasteiger partial charge >= 0.3 is 10.2 Å². The van der Waals surface area contributed by atoms with Gasteiger partial charge in [0.25, 0.3) is 0 Å². The van der Waals surface area contributed by atoms with Gasteiger partial charge in [0.15, 0.2) is 0 Å².